The second kappa shape index (κ2) is 4.90. The summed E-state index contributed by atoms with van der Waals surface area (Å²) in [5, 5.41) is 2.71. The highest BCUT2D eigenvalue weighted by molar-refractivity contribution is 5.68. The van der Waals surface area contributed by atoms with Crippen molar-refractivity contribution in [1.82, 2.24) is 5.32 Å². The van der Waals surface area contributed by atoms with Gasteiger partial charge in [-0.1, -0.05) is 26.0 Å². The molecule has 0 spiro atoms. The van der Waals surface area contributed by atoms with Crippen LogP contribution in [0.1, 0.15) is 27.7 Å². The minimum absolute atomic E-state index is 0.350. The normalized spacial score (nSPS) is 12.2. The van der Waals surface area contributed by atoms with Crippen molar-refractivity contribution in [3.05, 3.63) is 12.2 Å². The smallest absolute Gasteiger partial charge is 0.407 e. The number of ether oxygens (including phenoxy) is 1. The predicted molar refractivity (Wildman–Crippen MR) is 53.6 cm³/mol. The highest BCUT2D eigenvalue weighted by Crippen LogP contribution is 2.07. The van der Waals surface area contributed by atoms with Gasteiger partial charge in [0.25, 0.3) is 0 Å². The van der Waals surface area contributed by atoms with Crippen molar-refractivity contribution >= 4 is 6.09 Å². The Hall–Kier alpha value is -0.990. The standard InChI is InChI=1S/C10H19NO2/c1-8(2)6-7-10(3,4)11-9(12)13-5/h6-8H,1-5H3,(H,11,12)/b7-6+. The van der Waals surface area contributed by atoms with Crippen molar-refractivity contribution in [2.45, 2.75) is 33.2 Å². The van der Waals surface area contributed by atoms with Gasteiger partial charge in [-0.25, -0.2) is 4.79 Å². The fraction of sp³-hybridized carbons (Fsp3) is 0.700. The number of amides is 1. The van der Waals surface area contributed by atoms with Gasteiger partial charge in [0, 0.05) is 0 Å². The second-order valence-corrected chi connectivity index (χ2v) is 3.94. The molecule has 3 heteroatoms. The fourth-order valence-corrected chi connectivity index (χ4v) is 0.789. The number of rotatable bonds is 3. The molecule has 0 radical (unpaired) electrons. The minimum Gasteiger partial charge on any atom is -0.453 e. The van der Waals surface area contributed by atoms with Gasteiger partial charge in [-0.3, -0.25) is 0 Å². The van der Waals surface area contributed by atoms with E-state index in [2.05, 4.69) is 30.0 Å². The molecule has 1 N–H and O–H groups in total. The first kappa shape index (κ1) is 12.0. The first-order valence-electron chi connectivity index (χ1n) is 4.43. The maximum Gasteiger partial charge on any atom is 0.407 e. The van der Waals surface area contributed by atoms with Crippen LogP contribution in [-0.4, -0.2) is 18.7 Å². The molecule has 0 saturated carbocycles. The number of carbonyl (C=O) groups is 1. The molecular formula is C10H19NO2. The summed E-state index contributed by atoms with van der Waals surface area (Å²) in [4.78, 5) is 10.9. The Balaban J connectivity index is 4.15. The number of hydrogen-bond acceptors (Lipinski definition) is 2. The number of allylic oxidation sites excluding steroid dienone is 1. The quantitative estimate of drug-likeness (QED) is 0.685. The maximum atomic E-state index is 10.9. The van der Waals surface area contributed by atoms with Gasteiger partial charge in [0.05, 0.1) is 12.6 Å². The summed E-state index contributed by atoms with van der Waals surface area (Å²) >= 11 is 0. The van der Waals surface area contributed by atoms with E-state index in [4.69, 9.17) is 0 Å². The summed E-state index contributed by atoms with van der Waals surface area (Å²) in [5.41, 5.74) is -0.350. The van der Waals surface area contributed by atoms with Crippen LogP contribution in [0.4, 0.5) is 4.79 Å². The molecule has 0 heterocycles. The molecule has 0 aromatic heterocycles. The van der Waals surface area contributed by atoms with Crippen LogP contribution < -0.4 is 5.32 Å². The van der Waals surface area contributed by atoms with E-state index < -0.39 is 6.09 Å². The van der Waals surface area contributed by atoms with Gasteiger partial charge >= 0.3 is 6.09 Å². The molecule has 0 aromatic rings. The lowest BCUT2D eigenvalue weighted by Crippen LogP contribution is -2.41. The summed E-state index contributed by atoms with van der Waals surface area (Å²) in [6.07, 6.45) is 3.61. The summed E-state index contributed by atoms with van der Waals surface area (Å²) in [6.45, 7) is 8.01. The van der Waals surface area contributed by atoms with E-state index in [1.807, 2.05) is 19.9 Å². The lowest BCUT2D eigenvalue weighted by atomic mass is 10.0. The van der Waals surface area contributed by atoms with Crippen LogP contribution in [0.5, 0.6) is 0 Å². The number of hydrogen-bond donors (Lipinski definition) is 1. The van der Waals surface area contributed by atoms with Gasteiger partial charge in [-0.2, -0.15) is 0 Å². The van der Waals surface area contributed by atoms with E-state index >= 15 is 0 Å². The van der Waals surface area contributed by atoms with Gasteiger partial charge in [-0.15, -0.1) is 0 Å². The van der Waals surface area contributed by atoms with E-state index in [1.54, 1.807) is 0 Å². The fourth-order valence-electron chi connectivity index (χ4n) is 0.789. The molecule has 0 bridgehead atoms. The Labute approximate surface area is 80.2 Å². The first-order valence-corrected chi connectivity index (χ1v) is 4.43. The zero-order chi connectivity index (χ0) is 10.5. The average molecular weight is 185 g/mol. The third kappa shape index (κ3) is 6.20. The summed E-state index contributed by atoms with van der Waals surface area (Å²) < 4.78 is 4.51. The highest BCUT2D eigenvalue weighted by atomic mass is 16.5. The average Bonchev–Trinajstić information content (AvgIpc) is 2.00. The van der Waals surface area contributed by atoms with Crippen molar-refractivity contribution in [3.63, 3.8) is 0 Å². The molecule has 0 aliphatic heterocycles. The van der Waals surface area contributed by atoms with E-state index in [0.29, 0.717) is 5.92 Å². The molecule has 0 saturated heterocycles. The summed E-state index contributed by atoms with van der Waals surface area (Å²) in [6, 6.07) is 0. The molecule has 0 rings (SSSR count). The Kier molecular flexibility index (Phi) is 4.52. The lowest BCUT2D eigenvalue weighted by molar-refractivity contribution is 0.164. The van der Waals surface area contributed by atoms with Crippen molar-refractivity contribution in [2.75, 3.05) is 7.11 Å². The largest absolute Gasteiger partial charge is 0.453 e. The van der Waals surface area contributed by atoms with Crippen LogP contribution in [0.25, 0.3) is 0 Å². The van der Waals surface area contributed by atoms with Gasteiger partial charge in [0.1, 0.15) is 0 Å². The van der Waals surface area contributed by atoms with Crippen molar-refractivity contribution in [3.8, 4) is 0 Å². The molecule has 3 nitrogen and oxygen atoms in total. The number of methoxy groups -OCH3 is 1. The van der Waals surface area contributed by atoms with Crippen LogP contribution >= 0.6 is 0 Å². The molecule has 0 fully saturated rings. The predicted octanol–water partition coefficient (Wildman–Crippen LogP) is 2.33. The van der Waals surface area contributed by atoms with E-state index in [0.717, 1.165) is 0 Å². The molecule has 0 aliphatic rings. The Morgan fingerprint density at radius 1 is 1.46 bits per heavy atom. The molecule has 76 valence electrons. The van der Waals surface area contributed by atoms with Gasteiger partial charge < -0.3 is 10.1 Å². The third-order valence-electron chi connectivity index (χ3n) is 1.51. The van der Waals surface area contributed by atoms with Crippen LogP contribution in [0.3, 0.4) is 0 Å². The zero-order valence-corrected chi connectivity index (χ0v) is 9.05. The van der Waals surface area contributed by atoms with Crippen molar-refractivity contribution in [2.24, 2.45) is 5.92 Å². The van der Waals surface area contributed by atoms with E-state index in [1.165, 1.54) is 7.11 Å². The first-order chi connectivity index (χ1) is 5.87. The van der Waals surface area contributed by atoms with Crippen molar-refractivity contribution in [1.29, 1.82) is 0 Å². The van der Waals surface area contributed by atoms with Crippen LogP contribution in [-0.2, 0) is 4.74 Å². The topological polar surface area (TPSA) is 38.3 Å². The molecule has 13 heavy (non-hydrogen) atoms. The molecular weight excluding hydrogens is 166 g/mol. The Morgan fingerprint density at radius 3 is 2.38 bits per heavy atom. The van der Waals surface area contributed by atoms with Gasteiger partial charge in [0.2, 0.25) is 0 Å². The summed E-state index contributed by atoms with van der Waals surface area (Å²) in [7, 11) is 1.36. The Bertz CT molecular complexity index is 195. The van der Waals surface area contributed by atoms with Crippen molar-refractivity contribution < 1.29 is 9.53 Å². The van der Waals surface area contributed by atoms with Gasteiger partial charge in [-0.05, 0) is 19.8 Å². The van der Waals surface area contributed by atoms with Crippen LogP contribution in [0.15, 0.2) is 12.2 Å². The van der Waals surface area contributed by atoms with E-state index in [9.17, 15) is 4.79 Å². The van der Waals surface area contributed by atoms with E-state index in [-0.39, 0.29) is 5.54 Å². The number of alkyl carbamates (subject to hydrolysis) is 1. The SMILES string of the molecule is COC(=O)NC(C)(C)/C=C/C(C)C. The molecule has 1 amide bonds. The monoisotopic (exact) mass is 185 g/mol. The zero-order valence-electron chi connectivity index (χ0n) is 9.05. The molecule has 0 aromatic carbocycles. The van der Waals surface area contributed by atoms with Gasteiger partial charge in [0.15, 0.2) is 0 Å². The molecule has 0 atom stereocenters. The van der Waals surface area contributed by atoms with Crippen LogP contribution in [0.2, 0.25) is 0 Å². The van der Waals surface area contributed by atoms with Crippen LogP contribution in [0, 0.1) is 5.92 Å². The minimum atomic E-state index is -0.404. The summed E-state index contributed by atoms with van der Waals surface area (Å²) in [5.74, 6) is 0.485. The number of nitrogens with one attached hydrogen (secondary N) is 1. The second-order valence-electron chi connectivity index (χ2n) is 3.94. The molecule has 0 aliphatic carbocycles. The highest BCUT2D eigenvalue weighted by Gasteiger charge is 2.16. The number of carbonyl (C=O) groups excluding carboxylic acids is 1. The third-order valence-corrected chi connectivity index (χ3v) is 1.51. The lowest BCUT2D eigenvalue weighted by Gasteiger charge is -2.21. The Morgan fingerprint density at radius 2 is 2.00 bits per heavy atom. The molecule has 0 unspecified atom stereocenters. The maximum absolute atomic E-state index is 10.9.